The Balaban J connectivity index is 0.800. The van der Waals surface area contributed by atoms with Crippen LogP contribution in [0.5, 0.6) is 0 Å². The summed E-state index contributed by atoms with van der Waals surface area (Å²) in [6, 6.07) is 40.1. The fourth-order valence-corrected chi connectivity index (χ4v) is 11.2. The smallest absolute Gasteiger partial charge is 0.252 e. The highest BCUT2D eigenvalue weighted by Crippen LogP contribution is 2.41. The fraction of sp³-hybridized carbons (Fsp3) is 0.185. The molecule has 2 aliphatic heterocycles. The van der Waals surface area contributed by atoms with E-state index in [2.05, 4.69) is 69.1 Å². The number of nitrogens with zero attached hydrogens (tertiary/aromatic N) is 6. The summed E-state index contributed by atoms with van der Waals surface area (Å²) in [5, 5.41) is 7.73. The number of carbonyl (C=O) groups excluding carboxylic acids is 4. The quantitative estimate of drug-likeness (QED) is 0.116. The number of nitrogens with one attached hydrogen (secondary N) is 2. The molecular formula is C54H46N8O4S2. The summed E-state index contributed by atoms with van der Waals surface area (Å²) in [6.45, 7) is 1.16. The Kier molecular flexibility index (Phi) is 13.0. The van der Waals surface area contributed by atoms with Gasteiger partial charge in [0, 0.05) is 61.4 Å². The first kappa shape index (κ1) is 44.2. The van der Waals surface area contributed by atoms with Crippen LogP contribution in [0.3, 0.4) is 0 Å². The topological polar surface area (TPSA) is 150 Å². The molecule has 14 heteroatoms. The Morgan fingerprint density at radius 2 is 0.853 bits per heavy atom. The van der Waals surface area contributed by atoms with Crippen LogP contribution in [0.4, 0.5) is 0 Å². The van der Waals surface area contributed by atoms with Crippen LogP contribution in [0, 0.1) is 0 Å². The van der Waals surface area contributed by atoms with Gasteiger partial charge in [0.2, 0.25) is 11.8 Å². The van der Waals surface area contributed by atoms with Crippen molar-refractivity contribution < 1.29 is 19.2 Å². The molecule has 12 nitrogen and oxygen atoms in total. The van der Waals surface area contributed by atoms with E-state index in [1.165, 1.54) is 0 Å². The van der Waals surface area contributed by atoms with Gasteiger partial charge in [-0.1, -0.05) is 109 Å². The first-order valence-corrected chi connectivity index (χ1v) is 24.3. The SMILES string of the molecule is O=C(N[C@@H](C(=O)N1CCC[C@H]1c1ncc(-c2ccc(-c3ccc(-c4cnc([C@@H]5CCCN5C(=O)[C@H](NC(=O)c5ccncc5)c5ccccc5)s4)cc3)cc2)s1)c1ccccc1)c1ccncc1. The number of likely N-dealkylation sites (tertiary alicyclic amines) is 2. The van der Waals surface area contributed by atoms with Crippen molar-refractivity contribution in [2.24, 2.45) is 0 Å². The molecule has 0 radical (unpaired) electrons. The molecule has 4 amide bonds. The summed E-state index contributed by atoms with van der Waals surface area (Å²) in [5.74, 6) is -0.985. The molecule has 338 valence electrons. The molecule has 68 heavy (non-hydrogen) atoms. The summed E-state index contributed by atoms with van der Waals surface area (Å²) in [4.78, 5) is 78.6. The lowest BCUT2D eigenvalue weighted by molar-refractivity contribution is -0.135. The number of pyridine rings is 2. The molecule has 6 heterocycles. The molecule has 2 fully saturated rings. The van der Waals surface area contributed by atoms with Crippen molar-refractivity contribution in [2.75, 3.05) is 13.1 Å². The normalized spacial score (nSPS) is 16.5. The molecule has 0 saturated carbocycles. The van der Waals surface area contributed by atoms with Crippen molar-refractivity contribution in [3.05, 3.63) is 203 Å². The zero-order chi connectivity index (χ0) is 46.4. The van der Waals surface area contributed by atoms with E-state index in [4.69, 9.17) is 9.97 Å². The van der Waals surface area contributed by atoms with Crippen molar-refractivity contribution in [1.82, 2.24) is 40.4 Å². The van der Waals surface area contributed by atoms with E-state index >= 15 is 0 Å². The Morgan fingerprint density at radius 3 is 1.24 bits per heavy atom. The van der Waals surface area contributed by atoms with E-state index in [1.807, 2.05) is 82.9 Å². The number of hydrogen-bond donors (Lipinski definition) is 2. The number of amides is 4. The molecule has 0 spiro atoms. The third kappa shape index (κ3) is 9.46. The number of rotatable bonds is 13. The minimum Gasteiger partial charge on any atom is -0.336 e. The second-order valence-electron chi connectivity index (χ2n) is 16.8. The second kappa shape index (κ2) is 20.0. The van der Waals surface area contributed by atoms with Gasteiger partial charge in [-0.05, 0) is 83.3 Å². The number of aromatic nitrogens is 4. The van der Waals surface area contributed by atoms with E-state index in [9.17, 15) is 19.2 Å². The molecule has 2 N–H and O–H groups in total. The van der Waals surface area contributed by atoms with Crippen LogP contribution in [0.2, 0.25) is 0 Å². The summed E-state index contributed by atoms with van der Waals surface area (Å²) < 4.78 is 0. The molecule has 2 aliphatic rings. The highest BCUT2D eigenvalue weighted by molar-refractivity contribution is 7.15. The van der Waals surface area contributed by atoms with Gasteiger partial charge < -0.3 is 20.4 Å². The van der Waals surface area contributed by atoms with Crippen molar-refractivity contribution in [1.29, 1.82) is 0 Å². The van der Waals surface area contributed by atoms with Gasteiger partial charge in [-0.3, -0.25) is 29.1 Å². The van der Waals surface area contributed by atoms with Crippen LogP contribution >= 0.6 is 22.7 Å². The van der Waals surface area contributed by atoms with E-state index in [1.54, 1.807) is 71.7 Å². The Morgan fingerprint density at radius 1 is 0.485 bits per heavy atom. The molecule has 10 rings (SSSR count). The Labute approximate surface area is 401 Å². The fourth-order valence-electron chi connectivity index (χ4n) is 9.01. The zero-order valence-corrected chi connectivity index (χ0v) is 38.5. The second-order valence-corrected chi connectivity index (χ2v) is 18.9. The molecule has 0 bridgehead atoms. The highest BCUT2D eigenvalue weighted by atomic mass is 32.1. The first-order valence-electron chi connectivity index (χ1n) is 22.6. The molecule has 4 atom stereocenters. The van der Waals surface area contributed by atoms with Gasteiger partial charge in [0.05, 0.1) is 21.8 Å². The highest BCUT2D eigenvalue weighted by Gasteiger charge is 2.38. The third-order valence-corrected chi connectivity index (χ3v) is 14.9. The molecule has 0 aliphatic carbocycles. The monoisotopic (exact) mass is 934 g/mol. The number of benzene rings is 4. The Bertz CT molecular complexity index is 2820. The third-order valence-electron chi connectivity index (χ3n) is 12.6. The van der Waals surface area contributed by atoms with Crippen LogP contribution in [-0.2, 0) is 9.59 Å². The van der Waals surface area contributed by atoms with Crippen LogP contribution in [0.15, 0.2) is 171 Å². The van der Waals surface area contributed by atoms with Gasteiger partial charge in [-0.2, -0.15) is 0 Å². The van der Waals surface area contributed by atoms with E-state index in [-0.39, 0.29) is 35.7 Å². The minimum absolute atomic E-state index is 0.158. The summed E-state index contributed by atoms with van der Waals surface area (Å²) in [6.07, 6.45) is 13.3. The van der Waals surface area contributed by atoms with Gasteiger partial charge in [0.25, 0.3) is 11.8 Å². The minimum atomic E-state index is -0.848. The molecule has 4 aromatic carbocycles. The van der Waals surface area contributed by atoms with Crippen molar-refractivity contribution >= 4 is 46.3 Å². The maximum absolute atomic E-state index is 14.3. The van der Waals surface area contributed by atoms with Gasteiger partial charge >= 0.3 is 0 Å². The zero-order valence-electron chi connectivity index (χ0n) is 36.9. The first-order chi connectivity index (χ1) is 33.4. The van der Waals surface area contributed by atoms with Gasteiger partial charge in [0.15, 0.2) is 0 Å². The van der Waals surface area contributed by atoms with Crippen molar-refractivity contribution in [2.45, 2.75) is 49.9 Å². The van der Waals surface area contributed by atoms with E-state index in [0.29, 0.717) is 24.2 Å². The van der Waals surface area contributed by atoms with Gasteiger partial charge in [-0.25, -0.2) is 9.97 Å². The Hall–Kier alpha value is -7.68. The largest absolute Gasteiger partial charge is 0.336 e. The number of hydrogen-bond acceptors (Lipinski definition) is 10. The lowest BCUT2D eigenvalue weighted by Crippen LogP contribution is -2.42. The van der Waals surface area contributed by atoms with Crippen LogP contribution in [0.1, 0.15) is 91.7 Å². The summed E-state index contributed by atoms with van der Waals surface area (Å²) in [7, 11) is 0. The number of carbonyl (C=O) groups is 4. The maximum Gasteiger partial charge on any atom is 0.252 e. The molecule has 2 saturated heterocycles. The predicted molar refractivity (Wildman–Crippen MR) is 263 cm³/mol. The van der Waals surface area contributed by atoms with E-state index in [0.717, 1.165) is 78.8 Å². The van der Waals surface area contributed by atoms with E-state index < -0.39 is 12.1 Å². The standard InChI is InChI=1S/C54H46N8O4S2/c63-49(41-23-27-55-28-24-41)59-47(39-9-3-1-4-10-39)53(65)61-31-7-13-43(61)51-57-33-45(67-51)37-19-15-35(16-20-37)36-17-21-38(22-18-36)46-34-58-52(68-46)44-14-8-32-62(44)54(66)48(40-11-5-2-6-12-40)60-50(64)42-25-29-56-30-26-42/h1-6,9-12,15-30,33-34,43-44,47-48H,7-8,13-14,31-32H2,(H,59,63)(H,60,64)/t43-,44-,47+,48+/m0/s1. The molecular weight excluding hydrogens is 889 g/mol. The summed E-state index contributed by atoms with van der Waals surface area (Å²) in [5.41, 5.74) is 6.56. The average molecular weight is 935 g/mol. The molecule has 4 aromatic heterocycles. The number of thiazole rings is 2. The maximum atomic E-state index is 14.3. The predicted octanol–water partition coefficient (Wildman–Crippen LogP) is 10.1. The van der Waals surface area contributed by atoms with Gasteiger partial charge in [-0.15, -0.1) is 22.7 Å². The van der Waals surface area contributed by atoms with Crippen LogP contribution < -0.4 is 10.6 Å². The van der Waals surface area contributed by atoms with Crippen molar-refractivity contribution in [3.63, 3.8) is 0 Å². The lowest BCUT2D eigenvalue weighted by atomic mass is 10.0. The summed E-state index contributed by atoms with van der Waals surface area (Å²) >= 11 is 3.19. The van der Waals surface area contributed by atoms with Crippen LogP contribution in [-0.4, -0.2) is 66.5 Å². The van der Waals surface area contributed by atoms with Crippen LogP contribution in [0.25, 0.3) is 32.0 Å². The molecule has 0 unspecified atom stereocenters. The van der Waals surface area contributed by atoms with Crippen molar-refractivity contribution in [3.8, 4) is 32.0 Å². The van der Waals surface area contributed by atoms with Gasteiger partial charge in [0.1, 0.15) is 22.1 Å². The average Bonchev–Trinajstić information content (AvgIpc) is 4.26. The molecule has 8 aromatic rings. The lowest BCUT2D eigenvalue weighted by Gasteiger charge is -2.28.